The molecular formula is C56H51ClN10O8. The van der Waals surface area contributed by atoms with Gasteiger partial charge in [-0.05, 0) is 97.8 Å². The number of esters is 2. The highest BCUT2D eigenvalue weighted by Crippen LogP contribution is 2.37. The third-order valence-corrected chi connectivity index (χ3v) is 11.5. The number of halogens is 1. The average Bonchev–Trinajstić information content (AvgIpc) is 3.96. The predicted octanol–water partition coefficient (Wildman–Crippen LogP) is 11.2. The minimum absolute atomic E-state index is 0.184. The summed E-state index contributed by atoms with van der Waals surface area (Å²) in [6.07, 6.45) is 6.39. The number of nitrogens with zero attached hydrogens (tertiary/aromatic N) is 8. The van der Waals surface area contributed by atoms with Crippen molar-refractivity contribution in [2.24, 2.45) is 0 Å². The zero-order chi connectivity index (χ0) is 52.8. The van der Waals surface area contributed by atoms with Crippen LogP contribution >= 0.6 is 11.6 Å². The first-order chi connectivity index (χ1) is 36.4. The largest absolute Gasteiger partial charge is 0.497 e. The molecule has 6 heterocycles. The number of hydrogen-bond donors (Lipinski definition) is 2. The number of nitrogens with two attached hydrogens (primary N) is 1. The van der Waals surface area contributed by atoms with Crippen LogP contribution in [0.15, 0.2) is 158 Å². The van der Waals surface area contributed by atoms with E-state index in [9.17, 15) is 9.59 Å². The van der Waals surface area contributed by atoms with Gasteiger partial charge in [-0.25, -0.2) is 38.9 Å². The van der Waals surface area contributed by atoms with Crippen molar-refractivity contribution >= 4 is 62.9 Å². The van der Waals surface area contributed by atoms with E-state index in [2.05, 4.69) is 35.1 Å². The van der Waals surface area contributed by atoms with Crippen LogP contribution < -0.4 is 30.0 Å². The molecule has 0 saturated carbocycles. The van der Waals surface area contributed by atoms with Gasteiger partial charge < -0.3 is 39.5 Å². The van der Waals surface area contributed by atoms with Gasteiger partial charge in [-0.1, -0.05) is 71.3 Å². The lowest BCUT2D eigenvalue weighted by molar-refractivity contribution is 0.0585. The number of pyridine rings is 4. The maximum Gasteiger partial charge on any atom is 0.356 e. The van der Waals surface area contributed by atoms with Crippen LogP contribution in [0.4, 0.5) is 17.3 Å². The minimum Gasteiger partial charge on any atom is -0.497 e. The van der Waals surface area contributed by atoms with Gasteiger partial charge >= 0.3 is 11.9 Å². The number of ether oxygens (including phenoxy) is 6. The molecule has 0 saturated heterocycles. The fourth-order valence-electron chi connectivity index (χ4n) is 7.40. The molecule has 18 nitrogen and oxygen atoms in total. The molecule has 10 aromatic rings. The molecule has 10 rings (SSSR count). The molecule has 0 spiro atoms. The Morgan fingerprint density at radius 1 is 0.533 bits per heavy atom. The summed E-state index contributed by atoms with van der Waals surface area (Å²) in [7, 11) is 5.90. The topological polar surface area (TPSA) is 215 Å². The van der Waals surface area contributed by atoms with Crippen molar-refractivity contribution in [2.75, 3.05) is 39.5 Å². The minimum atomic E-state index is -0.524. The van der Waals surface area contributed by atoms with E-state index in [0.717, 1.165) is 33.9 Å². The lowest BCUT2D eigenvalue weighted by atomic mass is 10.2. The Morgan fingerprint density at radius 3 is 1.47 bits per heavy atom. The van der Waals surface area contributed by atoms with Crippen molar-refractivity contribution < 1.29 is 38.0 Å². The summed E-state index contributed by atoms with van der Waals surface area (Å²) in [5, 5.41) is 14.5. The van der Waals surface area contributed by atoms with E-state index < -0.39 is 11.9 Å². The average molecular weight is 1030 g/mol. The Hall–Kier alpha value is -9.55. The van der Waals surface area contributed by atoms with Crippen molar-refractivity contribution in [3.8, 4) is 34.5 Å². The lowest BCUT2D eigenvalue weighted by Crippen LogP contribution is -2.05. The van der Waals surface area contributed by atoms with Gasteiger partial charge in [-0.3, -0.25) is 0 Å². The highest BCUT2D eigenvalue weighted by molar-refractivity contribution is 6.30. The van der Waals surface area contributed by atoms with Gasteiger partial charge in [0.25, 0.3) is 0 Å². The molecule has 0 atom stereocenters. The van der Waals surface area contributed by atoms with Crippen LogP contribution in [-0.4, -0.2) is 79.9 Å². The highest BCUT2D eigenvalue weighted by atomic mass is 35.5. The van der Waals surface area contributed by atoms with E-state index in [-0.39, 0.29) is 11.4 Å². The third kappa shape index (κ3) is 13.1. The predicted molar refractivity (Wildman–Crippen MR) is 286 cm³/mol. The molecule has 0 bridgehead atoms. The summed E-state index contributed by atoms with van der Waals surface area (Å²) in [5.41, 5.74) is 13.0. The Balaban J connectivity index is 0.000000171. The van der Waals surface area contributed by atoms with Gasteiger partial charge in [0.1, 0.15) is 56.7 Å². The normalized spacial score (nSPS) is 10.6. The number of rotatable bonds is 14. The molecule has 0 radical (unpaired) electrons. The van der Waals surface area contributed by atoms with Crippen molar-refractivity contribution in [3.63, 3.8) is 0 Å². The Bertz CT molecular complexity index is 3550. The lowest BCUT2D eigenvalue weighted by Gasteiger charge is -2.09. The van der Waals surface area contributed by atoms with E-state index in [1.807, 2.05) is 116 Å². The van der Waals surface area contributed by atoms with Gasteiger partial charge in [0.2, 0.25) is 0 Å². The SMILES string of the molecule is COC(=O)c1cc(Cl)ccn1.COC(=O)c1cc(Nc2nn(Cc3ccc(OC)cc3)c3nccc(Oc4ccc(C)cc4)c23)ccn1.COc1ccc(Cn2nc(N)c3c(Oc4ccc(C)cc4)ccnc32)cc1. The number of hydrogen-bond acceptors (Lipinski definition) is 16. The number of nitrogen functional groups attached to an aromatic ring is 1. The molecule has 0 unspecified atom stereocenters. The maximum absolute atomic E-state index is 12.0. The van der Waals surface area contributed by atoms with Gasteiger partial charge in [0.05, 0.1) is 41.5 Å². The quantitative estimate of drug-likeness (QED) is 0.0969. The van der Waals surface area contributed by atoms with Crippen LogP contribution in [0.3, 0.4) is 0 Å². The first-order valence-corrected chi connectivity index (χ1v) is 23.5. The Kier molecular flexibility index (Phi) is 16.7. The first kappa shape index (κ1) is 51.8. The number of benzene rings is 4. The first-order valence-electron chi connectivity index (χ1n) is 23.1. The van der Waals surface area contributed by atoms with Crippen LogP contribution in [0.25, 0.3) is 22.1 Å². The molecular weight excluding hydrogens is 976 g/mol. The maximum atomic E-state index is 12.0. The fourth-order valence-corrected chi connectivity index (χ4v) is 7.56. The number of carbonyl (C=O) groups is 2. The molecule has 0 amide bonds. The number of fused-ring (bicyclic) bond motifs is 2. The number of carbonyl (C=O) groups excluding carboxylic acids is 2. The van der Waals surface area contributed by atoms with Crippen molar-refractivity contribution in [1.29, 1.82) is 0 Å². The van der Waals surface area contributed by atoms with Crippen LogP contribution in [0.2, 0.25) is 5.02 Å². The second kappa shape index (κ2) is 24.2. The molecule has 0 fully saturated rings. The van der Waals surface area contributed by atoms with Crippen LogP contribution in [0, 0.1) is 13.8 Å². The summed E-state index contributed by atoms with van der Waals surface area (Å²) in [6, 6.07) is 41.3. The number of aromatic nitrogens is 8. The zero-order valence-corrected chi connectivity index (χ0v) is 42.5. The van der Waals surface area contributed by atoms with Crippen LogP contribution in [0.5, 0.6) is 34.5 Å². The summed E-state index contributed by atoms with van der Waals surface area (Å²) in [4.78, 5) is 39.7. The number of nitrogens with one attached hydrogen (secondary N) is 1. The zero-order valence-electron chi connectivity index (χ0n) is 41.7. The summed E-state index contributed by atoms with van der Waals surface area (Å²) in [6.45, 7) is 5.10. The summed E-state index contributed by atoms with van der Waals surface area (Å²) >= 11 is 5.60. The molecule has 6 aromatic heterocycles. The van der Waals surface area contributed by atoms with Crippen molar-refractivity contribution in [2.45, 2.75) is 26.9 Å². The van der Waals surface area contributed by atoms with Crippen molar-refractivity contribution in [1.82, 2.24) is 39.5 Å². The Labute approximate surface area is 436 Å². The monoisotopic (exact) mass is 1030 g/mol. The third-order valence-electron chi connectivity index (χ3n) is 11.2. The molecule has 3 N–H and O–H groups in total. The van der Waals surface area contributed by atoms with E-state index in [4.69, 9.17) is 46.1 Å². The summed E-state index contributed by atoms with van der Waals surface area (Å²) < 4.78 is 35.6. The molecule has 4 aromatic carbocycles. The standard InChI is InChI=1S/C28H25N5O4.C21H20N4O2.C7H6ClNO2/c1-18-4-8-22(9-5-18)37-24-13-15-30-27-25(24)26(31-20-12-14-29-23(16-20)28(34)36-3)32-33(27)17-19-6-10-21(35-2)11-7-19;1-14-3-7-17(8-4-14)27-18-11-12-23-21-19(18)20(22)24-25(21)13-15-5-9-16(26-2)10-6-15;1-11-7(10)6-4-5(8)2-3-9-6/h4-16H,17H2,1-3H3,(H,29,31,32);3-12H,13H2,1-2H3,(H2,22,24);2-4H,1H3. The van der Waals surface area contributed by atoms with Crippen LogP contribution in [-0.2, 0) is 22.6 Å². The van der Waals surface area contributed by atoms with Crippen molar-refractivity contribution in [3.05, 3.63) is 197 Å². The van der Waals surface area contributed by atoms with E-state index in [1.165, 1.54) is 38.2 Å². The molecule has 0 aliphatic carbocycles. The molecule has 380 valence electrons. The van der Waals surface area contributed by atoms with E-state index >= 15 is 0 Å². The molecule has 19 heteroatoms. The van der Waals surface area contributed by atoms with Gasteiger partial charge in [-0.2, -0.15) is 10.2 Å². The fraction of sp³-hybridized carbons (Fsp3) is 0.143. The summed E-state index contributed by atoms with van der Waals surface area (Å²) in [5.74, 6) is 4.20. The van der Waals surface area contributed by atoms with Gasteiger partial charge in [-0.15, -0.1) is 0 Å². The Morgan fingerprint density at radius 2 is 0.973 bits per heavy atom. The second-order valence-electron chi connectivity index (χ2n) is 16.5. The highest BCUT2D eigenvalue weighted by Gasteiger charge is 2.20. The number of methoxy groups -OCH3 is 4. The number of anilines is 3. The van der Waals surface area contributed by atoms with Gasteiger partial charge in [0, 0.05) is 47.6 Å². The molecule has 0 aliphatic heterocycles. The molecule has 0 aliphatic rings. The smallest absolute Gasteiger partial charge is 0.356 e. The number of aryl methyl sites for hydroxylation is 2. The van der Waals surface area contributed by atoms with Gasteiger partial charge in [0.15, 0.2) is 22.9 Å². The van der Waals surface area contributed by atoms with E-state index in [0.29, 0.717) is 74.8 Å². The molecule has 75 heavy (non-hydrogen) atoms. The second-order valence-corrected chi connectivity index (χ2v) is 16.9. The van der Waals surface area contributed by atoms with Crippen LogP contribution in [0.1, 0.15) is 43.2 Å². The van der Waals surface area contributed by atoms with E-state index in [1.54, 1.807) is 61.6 Å².